The summed E-state index contributed by atoms with van der Waals surface area (Å²) in [5.41, 5.74) is 0.255. The fourth-order valence-electron chi connectivity index (χ4n) is 0.850. The van der Waals surface area contributed by atoms with Crippen LogP contribution in [-0.2, 0) is 23.9 Å². The van der Waals surface area contributed by atoms with E-state index in [4.69, 9.17) is 14.6 Å². The molecule has 6 nitrogen and oxygen atoms in total. The summed E-state index contributed by atoms with van der Waals surface area (Å²) in [6.07, 6.45) is 1.35. The van der Waals surface area contributed by atoms with Crippen LogP contribution in [0, 0.1) is 0 Å². The van der Waals surface area contributed by atoms with Crippen molar-refractivity contribution in [3.63, 3.8) is 0 Å². The Morgan fingerprint density at radius 2 is 1.94 bits per heavy atom. The predicted octanol–water partition coefficient (Wildman–Crippen LogP) is 1.07. The third-order valence-corrected chi connectivity index (χ3v) is 1.85. The Labute approximate surface area is 105 Å². The average Bonchev–Trinajstić information content (AvgIpc) is 2.31. The zero-order valence-corrected chi connectivity index (χ0v) is 10.3. The van der Waals surface area contributed by atoms with Crippen molar-refractivity contribution in [3.05, 3.63) is 24.3 Å². The monoisotopic (exact) mass is 256 g/mol. The first-order valence-electron chi connectivity index (χ1n) is 5.31. The SMILES string of the molecule is C=C(C)C(=O)OC(CC)COC(=O)C=CC(=O)O. The van der Waals surface area contributed by atoms with Gasteiger partial charge in [0.1, 0.15) is 12.7 Å². The van der Waals surface area contributed by atoms with Crippen molar-refractivity contribution in [1.29, 1.82) is 0 Å². The number of hydrogen-bond acceptors (Lipinski definition) is 5. The van der Waals surface area contributed by atoms with Gasteiger partial charge in [-0.1, -0.05) is 13.5 Å². The Balaban J connectivity index is 4.15. The number of carbonyl (C=O) groups excluding carboxylic acids is 2. The quantitative estimate of drug-likeness (QED) is 0.541. The number of ether oxygens (including phenoxy) is 2. The minimum Gasteiger partial charge on any atom is -0.478 e. The second-order valence-corrected chi connectivity index (χ2v) is 3.52. The third-order valence-electron chi connectivity index (χ3n) is 1.85. The molecule has 0 aromatic carbocycles. The molecule has 0 fully saturated rings. The van der Waals surface area contributed by atoms with Gasteiger partial charge in [-0.05, 0) is 13.3 Å². The van der Waals surface area contributed by atoms with E-state index in [1.807, 2.05) is 0 Å². The molecule has 1 N–H and O–H groups in total. The first kappa shape index (κ1) is 15.9. The lowest BCUT2D eigenvalue weighted by molar-refractivity contribution is -0.153. The molecule has 0 aliphatic rings. The van der Waals surface area contributed by atoms with Gasteiger partial charge in [0.25, 0.3) is 0 Å². The van der Waals surface area contributed by atoms with Crippen molar-refractivity contribution in [1.82, 2.24) is 0 Å². The Hall–Kier alpha value is -2.11. The summed E-state index contributed by atoms with van der Waals surface area (Å²) in [4.78, 5) is 32.4. The standard InChI is InChI=1S/C12H16O6/c1-4-9(18-12(16)8(2)3)7-17-11(15)6-5-10(13)14/h5-6,9H,2,4,7H2,1,3H3,(H,13,14). The number of aliphatic carboxylic acids is 1. The number of carbonyl (C=O) groups is 3. The molecule has 0 radical (unpaired) electrons. The predicted molar refractivity (Wildman–Crippen MR) is 62.7 cm³/mol. The summed E-state index contributed by atoms with van der Waals surface area (Å²) in [6, 6.07) is 0. The van der Waals surface area contributed by atoms with Crippen molar-refractivity contribution in [2.24, 2.45) is 0 Å². The van der Waals surface area contributed by atoms with Gasteiger partial charge >= 0.3 is 17.9 Å². The molecule has 0 bridgehead atoms. The number of carboxylic acid groups (broad SMARTS) is 1. The second-order valence-electron chi connectivity index (χ2n) is 3.52. The van der Waals surface area contributed by atoms with E-state index in [1.54, 1.807) is 6.92 Å². The van der Waals surface area contributed by atoms with Crippen LogP contribution in [0.1, 0.15) is 20.3 Å². The van der Waals surface area contributed by atoms with E-state index in [0.717, 1.165) is 6.08 Å². The van der Waals surface area contributed by atoms with Gasteiger partial charge in [0.05, 0.1) is 0 Å². The molecule has 1 unspecified atom stereocenters. The molecule has 18 heavy (non-hydrogen) atoms. The lowest BCUT2D eigenvalue weighted by Gasteiger charge is -2.15. The van der Waals surface area contributed by atoms with E-state index in [-0.39, 0.29) is 12.2 Å². The van der Waals surface area contributed by atoms with Crippen LogP contribution in [0.25, 0.3) is 0 Å². The van der Waals surface area contributed by atoms with Crippen LogP contribution in [-0.4, -0.2) is 35.7 Å². The molecule has 0 saturated carbocycles. The normalized spacial score (nSPS) is 11.9. The third kappa shape index (κ3) is 7.21. The highest BCUT2D eigenvalue weighted by atomic mass is 16.6. The van der Waals surface area contributed by atoms with Gasteiger partial charge in [0.2, 0.25) is 0 Å². The Morgan fingerprint density at radius 1 is 1.33 bits per heavy atom. The lowest BCUT2D eigenvalue weighted by atomic mass is 10.3. The number of rotatable bonds is 7. The molecule has 0 rings (SSSR count). The van der Waals surface area contributed by atoms with E-state index in [1.165, 1.54) is 6.92 Å². The first-order valence-corrected chi connectivity index (χ1v) is 5.31. The highest BCUT2D eigenvalue weighted by Crippen LogP contribution is 2.03. The largest absolute Gasteiger partial charge is 0.478 e. The number of hydrogen-bond donors (Lipinski definition) is 1. The van der Waals surface area contributed by atoms with Crippen molar-refractivity contribution in [2.45, 2.75) is 26.4 Å². The van der Waals surface area contributed by atoms with Crippen LogP contribution in [0.5, 0.6) is 0 Å². The highest BCUT2D eigenvalue weighted by Gasteiger charge is 2.14. The zero-order chi connectivity index (χ0) is 14.1. The lowest BCUT2D eigenvalue weighted by Crippen LogP contribution is -2.24. The minimum absolute atomic E-state index is 0.127. The topological polar surface area (TPSA) is 89.9 Å². The maximum absolute atomic E-state index is 11.2. The zero-order valence-electron chi connectivity index (χ0n) is 10.3. The van der Waals surface area contributed by atoms with E-state index >= 15 is 0 Å². The maximum Gasteiger partial charge on any atom is 0.333 e. The Morgan fingerprint density at radius 3 is 2.39 bits per heavy atom. The van der Waals surface area contributed by atoms with Gasteiger partial charge in [-0.3, -0.25) is 0 Å². The molecule has 0 aliphatic heterocycles. The second kappa shape index (κ2) is 8.05. The molecule has 6 heteroatoms. The van der Waals surface area contributed by atoms with Crippen molar-refractivity contribution >= 4 is 17.9 Å². The van der Waals surface area contributed by atoms with Crippen LogP contribution in [0.2, 0.25) is 0 Å². The molecular weight excluding hydrogens is 240 g/mol. The van der Waals surface area contributed by atoms with Gasteiger partial charge in [-0.25, -0.2) is 14.4 Å². The molecular formula is C12H16O6. The Bertz CT molecular complexity index is 369. The molecule has 0 aromatic heterocycles. The van der Waals surface area contributed by atoms with E-state index in [2.05, 4.69) is 6.58 Å². The first-order chi connectivity index (χ1) is 8.36. The summed E-state index contributed by atoms with van der Waals surface area (Å²) >= 11 is 0. The fraction of sp³-hybridized carbons (Fsp3) is 0.417. The van der Waals surface area contributed by atoms with Gasteiger partial charge in [0.15, 0.2) is 0 Å². The summed E-state index contributed by atoms with van der Waals surface area (Å²) in [5, 5.41) is 8.29. The summed E-state index contributed by atoms with van der Waals surface area (Å²) in [7, 11) is 0. The Kier molecular flexibility index (Phi) is 7.11. The van der Waals surface area contributed by atoms with Crippen molar-refractivity contribution in [3.8, 4) is 0 Å². The molecule has 0 spiro atoms. The number of esters is 2. The van der Waals surface area contributed by atoms with Gasteiger partial charge in [0, 0.05) is 17.7 Å². The van der Waals surface area contributed by atoms with E-state index in [9.17, 15) is 14.4 Å². The summed E-state index contributed by atoms with van der Waals surface area (Å²) in [5.74, 6) is -2.60. The summed E-state index contributed by atoms with van der Waals surface area (Å²) < 4.78 is 9.71. The molecule has 0 amide bonds. The van der Waals surface area contributed by atoms with Crippen LogP contribution in [0.15, 0.2) is 24.3 Å². The fourth-order valence-corrected chi connectivity index (χ4v) is 0.850. The van der Waals surface area contributed by atoms with E-state index < -0.39 is 24.0 Å². The van der Waals surface area contributed by atoms with Crippen molar-refractivity contribution in [2.75, 3.05) is 6.61 Å². The van der Waals surface area contributed by atoms with Gasteiger partial charge in [-0.2, -0.15) is 0 Å². The van der Waals surface area contributed by atoms with Crippen LogP contribution < -0.4 is 0 Å². The molecule has 100 valence electrons. The van der Waals surface area contributed by atoms with Crippen molar-refractivity contribution < 1.29 is 29.0 Å². The highest BCUT2D eigenvalue weighted by molar-refractivity contribution is 5.90. The van der Waals surface area contributed by atoms with Gasteiger partial charge < -0.3 is 14.6 Å². The molecule has 0 aromatic rings. The van der Waals surface area contributed by atoms with Gasteiger partial charge in [-0.15, -0.1) is 0 Å². The minimum atomic E-state index is -1.24. The van der Waals surface area contributed by atoms with Crippen LogP contribution in [0.3, 0.4) is 0 Å². The molecule has 0 aliphatic carbocycles. The number of carboxylic acids is 1. The maximum atomic E-state index is 11.2. The molecule has 1 atom stereocenters. The van der Waals surface area contributed by atoms with E-state index in [0.29, 0.717) is 12.5 Å². The molecule has 0 saturated heterocycles. The smallest absolute Gasteiger partial charge is 0.333 e. The van der Waals surface area contributed by atoms with Crippen LogP contribution >= 0.6 is 0 Å². The average molecular weight is 256 g/mol. The summed E-state index contributed by atoms with van der Waals surface area (Å²) in [6.45, 7) is 6.57. The van der Waals surface area contributed by atoms with Crippen LogP contribution in [0.4, 0.5) is 0 Å². The molecule has 0 heterocycles.